The Morgan fingerprint density at radius 3 is 2.35 bits per heavy atom. The van der Waals surface area contributed by atoms with E-state index in [2.05, 4.69) is 23.6 Å². The molecular weight excluding hydrogens is 208 g/mol. The van der Waals surface area contributed by atoms with E-state index in [4.69, 9.17) is 0 Å². The lowest BCUT2D eigenvalue weighted by atomic mass is 9.70. The van der Waals surface area contributed by atoms with Crippen molar-refractivity contribution in [1.82, 2.24) is 9.80 Å². The molecule has 0 aromatic carbocycles. The minimum atomic E-state index is 0.590. The second-order valence-electron chi connectivity index (χ2n) is 6.42. The molecule has 0 amide bonds. The van der Waals surface area contributed by atoms with Gasteiger partial charge in [0.25, 0.3) is 0 Å². The lowest BCUT2D eigenvalue weighted by Crippen LogP contribution is -2.66. The molecule has 4 fully saturated rings. The van der Waals surface area contributed by atoms with Gasteiger partial charge in [0.05, 0.1) is 0 Å². The zero-order valence-corrected chi connectivity index (χ0v) is 11.6. The minimum Gasteiger partial charge on any atom is -0.301 e. The summed E-state index contributed by atoms with van der Waals surface area (Å²) in [6.07, 6.45) is 8.54. The molecule has 17 heavy (non-hydrogen) atoms. The first-order valence-electron chi connectivity index (χ1n) is 7.79. The SMILES string of the molecule is CCC(CC)N1CCCC12CN1CCC2CC1. The molecule has 1 atom stereocenters. The van der Waals surface area contributed by atoms with Crippen LogP contribution >= 0.6 is 0 Å². The molecule has 0 aromatic heterocycles. The van der Waals surface area contributed by atoms with Crippen molar-refractivity contribution in [2.45, 2.75) is 64.0 Å². The van der Waals surface area contributed by atoms with E-state index in [1.54, 1.807) is 0 Å². The van der Waals surface area contributed by atoms with E-state index in [1.807, 2.05) is 0 Å². The monoisotopic (exact) mass is 236 g/mol. The summed E-state index contributed by atoms with van der Waals surface area (Å²) in [7, 11) is 0. The van der Waals surface area contributed by atoms with Gasteiger partial charge in [-0.15, -0.1) is 0 Å². The standard InChI is InChI=1S/C15H28N2/c1-3-14(4-2)17-9-5-8-15(17)12-16-10-6-13(15)7-11-16/h13-14H,3-12H2,1-2H3. The highest BCUT2D eigenvalue weighted by molar-refractivity contribution is 5.09. The van der Waals surface area contributed by atoms with Crippen LogP contribution in [0.4, 0.5) is 0 Å². The van der Waals surface area contributed by atoms with Crippen LogP contribution < -0.4 is 0 Å². The molecule has 4 aliphatic heterocycles. The van der Waals surface area contributed by atoms with Gasteiger partial charge in [-0.3, -0.25) is 4.90 Å². The summed E-state index contributed by atoms with van der Waals surface area (Å²) in [4.78, 5) is 5.67. The number of nitrogens with zero attached hydrogens (tertiary/aromatic N) is 2. The molecule has 4 rings (SSSR count). The molecule has 2 bridgehead atoms. The van der Waals surface area contributed by atoms with Gasteiger partial charge < -0.3 is 4.90 Å². The third-order valence-corrected chi connectivity index (χ3v) is 5.81. The molecule has 98 valence electrons. The predicted octanol–water partition coefficient (Wildman–Crippen LogP) is 2.74. The maximum absolute atomic E-state index is 2.93. The summed E-state index contributed by atoms with van der Waals surface area (Å²) in [5.41, 5.74) is 0.590. The van der Waals surface area contributed by atoms with Crippen LogP contribution in [0.25, 0.3) is 0 Å². The Balaban J connectivity index is 1.84. The normalized spacial score (nSPS) is 41.8. The lowest BCUT2D eigenvalue weighted by Gasteiger charge is -2.57. The fourth-order valence-electron chi connectivity index (χ4n) is 4.95. The number of hydrogen-bond donors (Lipinski definition) is 0. The Bertz CT molecular complexity index is 266. The van der Waals surface area contributed by atoms with E-state index in [9.17, 15) is 0 Å². The zero-order valence-electron chi connectivity index (χ0n) is 11.6. The third-order valence-electron chi connectivity index (χ3n) is 5.81. The molecule has 0 saturated carbocycles. The highest BCUT2D eigenvalue weighted by atomic mass is 15.3. The van der Waals surface area contributed by atoms with E-state index in [-0.39, 0.29) is 0 Å². The summed E-state index contributed by atoms with van der Waals surface area (Å²) in [6.45, 7) is 10.3. The Morgan fingerprint density at radius 1 is 1.12 bits per heavy atom. The second-order valence-corrected chi connectivity index (χ2v) is 6.42. The molecule has 1 spiro atoms. The molecule has 2 nitrogen and oxygen atoms in total. The zero-order chi connectivity index (χ0) is 11.9. The van der Waals surface area contributed by atoms with Gasteiger partial charge in [-0.05, 0) is 64.1 Å². The van der Waals surface area contributed by atoms with E-state index in [0.29, 0.717) is 5.54 Å². The first-order chi connectivity index (χ1) is 8.30. The van der Waals surface area contributed by atoms with Crippen LogP contribution in [0.3, 0.4) is 0 Å². The second kappa shape index (κ2) is 4.55. The van der Waals surface area contributed by atoms with Crippen LogP contribution in [0.1, 0.15) is 52.4 Å². The average molecular weight is 236 g/mol. The van der Waals surface area contributed by atoms with Crippen LogP contribution in [-0.4, -0.2) is 47.6 Å². The fourth-order valence-corrected chi connectivity index (χ4v) is 4.95. The molecule has 0 N–H and O–H groups in total. The van der Waals surface area contributed by atoms with E-state index >= 15 is 0 Å². The molecule has 4 aliphatic rings. The van der Waals surface area contributed by atoms with Gasteiger partial charge in [0.1, 0.15) is 0 Å². The van der Waals surface area contributed by atoms with Gasteiger partial charge >= 0.3 is 0 Å². The molecule has 4 saturated heterocycles. The van der Waals surface area contributed by atoms with Crippen LogP contribution in [0, 0.1) is 5.92 Å². The highest BCUT2D eigenvalue weighted by Crippen LogP contribution is 2.47. The smallest absolute Gasteiger partial charge is 0.0368 e. The largest absolute Gasteiger partial charge is 0.301 e. The van der Waals surface area contributed by atoms with Crippen LogP contribution in [0.15, 0.2) is 0 Å². The molecule has 0 radical (unpaired) electrons. The molecule has 0 aromatic rings. The van der Waals surface area contributed by atoms with Crippen molar-refractivity contribution in [2.75, 3.05) is 26.2 Å². The molecule has 4 heterocycles. The summed E-state index contributed by atoms with van der Waals surface area (Å²) < 4.78 is 0. The molecule has 2 heteroatoms. The number of rotatable bonds is 3. The van der Waals surface area contributed by atoms with Gasteiger partial charge in [0.15, 0.2) is 0 Å². The number of likely N-dealkylation sites (tertiary alicyclic amines) is 1. The third kappa shape index (κ3) is 1.76. The molecule has 1 unspecified atom stereocenters. The van der Waals surface area contributed by atoms with Crippen molar-refractivity contribution in [3.8, 4) is 0 Å². The number of piperidine rings is 3. The van der Waals surface area contributed by atoms with E-state index < -0.39 is 0 Å². The first kappa shape index (κ1) is 12.0. The van der Waals surface area contributed by atoms with Gasteiger partial charge in [0, 0.05) is 18.1 Å². The molecular formula is C15H28N2. The van der Waals surface area contributed by atoms with Gasteiger partial charge in [-0.25, -0.2) is 0 Å². The van der Waals surface area contributed by atoms with Crippen molar-refractivity contribution in [3.63, 3.8) is 0 Å². The van der Waals surface area contributed by atoms with Crippen LogP contribution in [0.2, 0.25) is 0 Å². The Hall–Kier alpha value is -0.0800. The maximum Gasteiger partial charge on any atom is 0.0368 e. The summed E-state index contributed by atoms with van der Waals surface area (Å²) in [6, 6.07) is 0.845. The van der Waals surface area contributed by atoms with Crippen LogP contribution in [0.5, 0.6) is 0 Å². The van der Waals surface area contributed by atoms with E-state index in [0.717, 1.165) is 12.0 Å². The summed E-state index contributed by atoms with van der Waals surface area (Å²) in [5.74, 6) is 1.01. The van der Waals surface area contributed by atoms with Gasteiger partial charge in [-0.2, -0.15) is 0 Å². The highest BCUT2D eigenvalue weighted by Gasteiger charge is 2.53. The summed E-state index contributed by atoms with van der Waals surface area (Å²) >= 11 is 0. The van der Waals surface area contributed by atoms with Gasteiger partial charge in [0.2, 0.25) is 0 Å². The van der Waals surface area contributed by atoms with Crippen molar-refractivity contribution in [1.29, 1.82) is 0 Å². The molecule has 0 aliphatic carbocycles. The number of fused-ring (bicyclic) bond motifs is 2. The average Bonchev–Trinajstić information content (AvgIpc) is 2.76. The first-order valence-corrected chi connectivity index (χ1v) is 7.79. The van der Waals surface area contributed by atoms with Crippen LogP contribution in [-0.2, 0) is 0 Å². The van der Waals surface area contributed by atoms with Crippen molar-refractivity contribution >= 4 is 0 Å². The minimum absolute atomic E-state index is 0.590. The van der Waals surface area contributed by atoms with Crippen molar-refractivity contribution in [3.05, 3.63) is 0 Å². The van der Waals surface area contributed by atoms with E-state index in [1.165, 1.54) is 64.7 Å². The summed E-state index contributed by atoms with van der Waals surface area (Å²) in [5, 5.41) is 0. The number of hydrogen-bond acceptors (Lipinski definition) is 2. The Kier molecular flexibility index (Phi) is 3.20. The maximum atomic E-state index is 2.93. The predicted molar refractivity (Wildman–Crippen MR) is 72.2 cm³/mol. The van der Waals surface area contributed by atoms with Gasteiger partial charge in [-0.1, -0.05) is 13.8 Å². The topological polar surface area (TPSA) is 6.48 Å². The Morgan fingerprint density at radius 2 is 1.82 bits per heavy atom. The lowest BCUT2D eigenvalue weighted by molar-refractivity contribution is -0.0688. The fraction of sp³-hybridized carbons (Fsp3) is 1.00. The Labute approximate surface area is 106 Å². The van der Waals surface area contributed by atoms with Crippen molar-refractivity contribution < 1.29 is 0 Å². The quantitative estimate of drug-likeness (QED) is 0.743. The van der Waals surface area contributed by atoms with Crippen molar-refractivity contribution in [2.24, 2.45) is 5.92 Å².